The maximum atomic E-state index is 3.57. The average molecular weight is 253 g/mol. The smallest absolute Gasteiger partial charge is 0.00746 e. The summed E-state index contributed by atoms with van der Waals surface area (Å²) in [6, 6.07) is 2.23. The molecule has 0 atom stereocenters. The van der Waals surface area contributed by atoms with Crippen molar-refractivity contribution in [2.75, 3.05) is 13.1 Å². The highest BCUT2D eigenvalue weighted by molar-refractivity contribution is 7.10. The van der Waals surface area contributed by atoms with Crippen molar-refractivity contribution in [3.8, 4) is 0 Å². The molecule has 2 heteroatoms. The molecule has 0 aliphatic heterocycles. The molecule has 1 aromatic heterocycles. The van der Waals surface area contributed by atoms with Crippen molar-refractivity contribution < 1.29 is 0 Å². The minimum Gasteiger partial charge on any atom is -0.316 e. The summed E-state index contributed by atoms with van der Waals surface area (Å²) in [5.41, 5.74) is 1.85. The van der Waals surface area contributed by atoms with Gasteiger partial charge in [0.2, 0.25) is 0 Å². The van der Waals surface area contributed by atoms with Gasteiger partial charge < -0.3 is 5.32 Å². The van der Waals surface area contributed by atoms with Gasteiger partial charge in [0.15, 0.2) is 0 Å². The maximum Gasteiger partial charge on any atom is 0.00746 e. The lowest BCUT2D eigenvalue weighted by Crippen LogP contribution is -2.32. The molecule has 0 radical (unpaired) electrons. The van der Waals surface area contributed by atoms with Crippen LogP contribution in [0.25, 0.3) is 0 Å². The Balaban J connectivity index is 2.31. The third-order valence-corrected chi connectivity index (χ3v) is 4.24. The topological polar surface area (TPSA) is 12.0 Å². The van der Waals surface area contributed by atoms with Gasteiger partial charge in [-0.05, 0) is 54.7 Å². The fourth-order valence-corrected chi connectivity index (χ4v) is 2.81. The molecule has 1 heterocycles. The summed E-state index contributed by atoms with van der Waals surface area (Å²) >= 11 is 1.90. The molecule has 0 aliphatic rings. The quantitative estimate of drug-likeness (QED) is 0.765. The molecule has 0 saturated heterocycles. The van der Waals surface area contributed by atoms with E-state index in [2.05, 4.69) is 51.4 Å². The Morgan fingerprint density at radius 1 is 1.35 bits per heavy atom. The SMILES string of the molecule is Cc1ccsc1CCC(C)(C)CNCC(C)C. The van der Waals surface area contributed by atoms with Crippen molar-refractivity contribution in [1.29, 1.82) is 0 Å². The van der Waals surface area contributed by atoms with Crippen LogP contribution in [0.2, 0.25) is 0 Å². The van der Waals surface area contributed by atoms with E-state index in [9.17, 15) is 0 Å². The first-order valence-electron chi connectivity index (χ1n) is 6.64. The molecule has 98 valence electrons. The van der Waals surface area contributed by atoms with Gasteiger partial charge in [0, 0.05) is 11.4 Å². The summed E-state index contributed by atoms with van der Waals surface area (Å²) < 4.78 is 0. The number of aryl methyl sites for hydroxylation is 2. The Morgan fingerprint density at radius 2 is 2.06 bits per heavy atom. The zero-order valence-electron chi connectivity index (χ0n) is 12.0. The Bertz CT molecular complexity index is 325. The molecule has 1 aromatic rings. The predicted molar refractivity (Wildman–Crippen MR) is 78.9 cm³/mol. The van der Waals surface area contributed by atoms with Crippen molar-refractivity contribution in [3.05, 3.63) is 21.9 Å². The standard InChI is InChI=1S/C15H27NS/c1-12(2)10-16-11-15(4,5)8-6-14-13(3)7-9-17-14/h7,9,12,16H,6,8,10-11H2,1-5H3. The second-order valence-corrected chi connectivity index (χ2v) is 7.22. The van der Waals surface area contributed by atoms with Crippen LogP contribution in [0.5, 0.6) is 0 Å². The summed E-state index contributed by atoms with van der Waals surface area (Å²) in [5.74, 6) is 0.741. The number of nitrogens with one attached hydrogen (secondary N) is 1. The van der Waals surface area contributed by atoms with Crippen LogP contribution in [-0.4, -0.2) is 13.1 Å². The summed E-state index contributed by atoms with van der Waals surface area (Å²) in [4.78, 5) is 1.56. The van der Waals surface area contributed by atoms with Crippen LogP contribution < -0.4 is 5.32 Å². The van der Waals surface area contributed by atoms with Gasteiger partial charge in [0.1, 0.15) is 0 Å². The average Bonchev–Trinajstić information content (AvgIpc) is 2.60. The normalized spacial score (nSPS) is 12.4. The van der Waals surface area contributed by atoms with Gasteiger partial charge >= 0.3 is 0 Å². The summed E-state index contributed by atoms with van der Waals surface area (Å²) in [7, 11) is 0. The van der Waals surface area contributed by atoms with Gasteiger partial charge in [0.25, 0.3) is 0 Å². The molecule has 0 amide bonds. The van der Waals surface area contributed by atoms with E-state index in [4.69, 9.17) is 0 Å². The van der Waals surface area contributed by atoms with Gasteiger partial charge in [-0.3, -0.25) is 0 Å². The molecule has 0 bridgehead atoms. The Labute approximate surface area is 111 Å². The van der Waals surface area contributed by atoms with Gasteiger partial charge in [-0.2, -0.15) is 0 Å². The molecule has 0 unspecified atom stereocenters. The second-order valence-electron chi connectivity index (χ2n) is 6.22. The van der Waals surface area contributed by atoms with Crippen LogP contribution in [-0.2, 0) is 6.42 Å². The van der Waals surface area contributed by atoms with Gasteiger partial charge in [-0.25, -0.2) is 0 Å². The molecular formula is C15H27NS. The maximum absolute atomic E-state index is 3.57. The van der Waals surface area contributed by atoms with E-state index in [0.29, 0.717) is 5.41 Å². The Morgan fingerprint density at radius 3 is 2.59 bits per heavy atom. The largest absolute Gasteiger partial charge is 0.316 e. The third-order valence-electron chi connectivity index (χ3n) is 3.15. The van der Waals surface area contributed by atoms with E-state index < -0.39 is 0 Å². The van der Waals surface area contributed by atoms with E-state index >= 15 is 0 Å². The number of hydrogen-bond donors (Lipinski definition) is 1. The Kier molecular flexibility index (Phi) is 5.68. The molecule has 0 spiro atoms. The number of thiophene rings is 1. The first-order valence-corrected chi connectivity index (χ1v) is 7.52. The first-order chi connectivity index (χ1) is 7.91. The lowest BCUT2D eigenvalue weighted by Gasteiger charge is -2.25. The predicted octanol–water partition coefficient (Wildman–Crippen LogP) is 4.26. The zero-order chi connectivity index (χ0) is 12.9. The van der Waals surface area contributed by atoms with Crippen LogP contribution in [0, 0.1) is 18.3 Å². The van der Waals surface area contributed by atoms with Crippen molar-refractivity contribution in [2.24, 2.45) is 11.3 Å². The lowest BCUT2D eigenvalue weighted by atomic mass is 9.87. The summed E-state index contributed by atoms with van der Waals surface area (Å²) in [5, 5.41) is 5.78. The number of hydrogen-bond acceptors (Lipinski definition) is 2. The van der Waals surface area contributed by atoms with Crippen molar-refractivity contribution in [1.82, 2.24) is 5.32 Å². The fourth-order valence-electron chi connectivity index (χ4n) is 1.90. The van der Waals surface area contributed by atoms with Crippen LogP contribution in [0.1, 0.15) is 44.6 Å². The monoisotopic (exact) mass is 253 g/mol. The molecule has 0 fully saturated rings. The lowest BCUT2D eigenvalue weighted by molar-refractivity contribution is 0.309. The fraction of sp³-hybridized carbons (Fsp3) is 0.733. The molecule has 0 saturated carbocycles. The van der Waals surface area contributed by atoms with E-state index in [1.807, 2.05) is 11.3 Å². The molecule has 1 rings (SSSR count). The molecule has 1 N–H and O–H groups in total. The van der Waals surface area contributed by atoms with Crippen LogP contribution >= 0.6 is 11.3 Å². The minimum absolute atomic E-state index is 0.394. The van der Waals surface area contributed by atoms with Gasteiger partial charge in [0.05, 0.1) is 0 Å². The minimum atomic E-state index is 0.394. The highest BCUT2D eigenvalue weighted by Gasteiger charge is 2.18. The third kappa shape index (κ3) is 5.69. The molecule has 1 nitrogen and oxygen atoms in total. The van der Waals surface area contributed by atoms with Gasteiger partial charge in [-0.1, -0.05) is 27.7 Å². The molecular weight excluding hydrogens is 226 g/mol. The van der Waals surface area contributed by atoms with E-state index in [1.165, 1.54) is 18.4 Å². The zero-order valence-corrected chi connectivity index (χ0v) is 12.8. The Hall–Kier alpha value is -0.340. The molecule has 0 aromatic carbocycles. The van der Waals surface area contributed by atoms with E-state index in [0.717, 1.165) is 19.0 Å². The van der Waals surface area contributed by atoms with Crippen molar-refractivity contribution in [2.45, 2.75) is 47.5 Å². The molecule has 0 aliphatic carbocycles. The van der Waals surface area contributed by atoms with E-state index in [-0.39, 0.29) is 0 Å². The van der Waals surface area contributed by atoms with Crippen LogP contribution in [0.15, 0.2) is 11.4 Å². The van der Waals surface area contributed by atoms with Crippen molar-refractivity contribution in [3.63, 3.8) is 0 Å². The number of rotatable bonds is 7. The highest BCUT2D eigenvalue weighted by Crippen LogP contribution is 2.25. The van der Waals surface area contributed by atoms with Crippen LogP contribution in [0.3, 0.4) is 0 Å². The summed E-state index contributed by atoms with van der Waals surface area (Å²) in [6.45, 7) is 13.7. The first kappa shape index (κ1) is 14.7. The van der Waals surface area contributed by atoms with Crippen molar-refractivity contribution >= 4 is 11.3 Å². The second kappa shape index (κ2) is 6.55. The highest BCUT2D eigenvalue weighted by atomic mass is 32.1. The van der Waals surface area contributed by atoms with E-state index in [1.54, 1.807) is 4.88 Å². The molecule has 17 heavy (non-hydrogen) atoms. The van der Waals surface area contributed by atoms with Crippen LogP contribution in [0.4, 0.5) is 0 Å². The summed E-state index contributed by atoms with van der Waals surface area (Å²) in [6.07, 6.45) is 2.49. The van der Waals surface area contributed by atoms with Gasteiger partial charge in [-0.15, -0.1) is 11.3 Å².